The van der Waals surface area contributed by atoms with E-state index >= 15 is 0 Å². The van der Waals surface area contributed by atoms with E-state index in [1.165, 1.54) is 5.56 Å². The van der Waals surface area contributed by atoms with Crippen LogP contribution in [0.25, 0.3) is 0 Å². The van der Waals surface area contributed by atoms with Crippen LogP contribution in [0.5, 0.6) is 0 Å². The zero-order chi connectivity index (χ0) is 25.6. The zero-order valence-electron chi connectivity index (χ0n) is 20.8. The van der Waals surface area contributed by atoms with E-state index in [-0.39, 0.29) is 23.2 Å². The van der Waals surface area contributed by atoms with Crippen molar-refractivity contribution in [3.05, 3.63) is 143 Å². The largest absolute Gasteiger partial charge is 0.341 e. The van der Waals surface area contributed by atoms with Gasteiger partial charge < -0.3 is 10.2 Å². The Bertz CT molecular complexity index is 1360. The number of nitrogens with zero attached hydrogens (tertiary/aromatic N) is 1. The van der Waals surface area contributed by atoms with Crippen molar-refractivity contribution in [2.75, 3.05) is 12.3 Å². The quantitative estimate of drug-likeness (QED) is 0.304. The van der Waals surface area contributed by atoms with Gasteiger partial charge in [-0.05, 0) is 53.3 Å². The minimum absolute atomic E-state index is 0.0302. The summed E-state index contributed by atoms with van der Waals surface area (Å²) in [6.45, 7) is 2.74. The van der Waals surface area contributed by atoms with Gasteiger partial charge in [-0.1, -0.05) is 97.1 Å². The number of carbonyl (C=O) groups is 2. The first-order valence-electron chi connectivity index (χ1n) is 12.6. The maximum Gasteiger partial charge on any atom is 0.252 e. The van der Waals surface area contributed by atoms with Crippen molar-refractivity contribution in [3.8, 4) is 0 Å². The van der Waals surface area contributed by atoms with Gasteiger partial charge in [0.05, 0.1) is 11.8 Å². The van der Waals surface area contributed by atoms with Gasteiger partial charge in [0.1, 0.15) is 5.37 Å². The number of thioether (sulfide) groups is 1. The van der Waals surface area contributed by atoms with Crippen molar-refractivity contribution >= 4 is 23.6 Å². The molecule has 1 N–H and O–H groups in total. The summed E-state index contributed by atoms with van der Waals surface area (Å²) >= 11 is 1.64. The van der Waals surface area contributed by atoms with Gasteiger partial charge in [-0.3, -0.25) is 9.59 Å². The molecule has 0 aliphatic carbocycles. The summed E-state index contributed by atoms with van der Waals surface area (Å²) in [5.74, 6) is 0.521. The van der Waals surface area contributed by atoms with Crippen LogP contribution in [0.15, 0.2) is 109 Å². The van der Waals surface area contributed by atoms with Gasteiger partial charge in [-0.25, -0.2) is 0 Å². The lowest BCUT2D eigenvalue weighted by Crippen LogP contribution is -2.31. The zero-order valence-corrected chi connectivity index (χ0v) is 21.7. The summed E-state index contributed by atoms with van der Waals surface area (Å²) < 4.78 is 0. The van der Waals surface area contributed by atoms with Crippen molar-refractivity contribution in [1.29, 1.82) is 0 Å². The molecule has 5 heteroatoms. The average Bonchev–Trinajstić information content (AvgIpc) is 3.32. The van der Waals surface area contributed by atoms with E-state index in [1.54, 1.807) is 11.8 Å². The highest BCUT2D eigenvalue weighted by Gasteiger charge is 2.32. The van der Waals surface area contributed by atoms with Crippen LogP contribution in [0.4, 0.5) is 0 Å². The van der Waals surface area contributed by atoms with Crippen LogP contribution >= 0.6 is 11.8 Å². The molecule has 1 aliphatic heterocycles. The molecule has 4 nitrogen and oxygen atoms in total. The minimum atomic E-state index is -0.244. The Morgan fingerprint density at radius 1 is 0.892 bits per heavy atom. The third kappa shape index (κ3) is 5.78. The lowest BCUT2D eigenvalue weighted by molar-refractivity contribution is -0.128. The molecular weight excluding hydrogens is 476 g/mol. The number of aryl methyl sites for hydroxylation is 1. The number of benzene rings is 4. The van der Waals surface area contributed by atoms with E-state index in [1.807, 2.05) is 89.8 Å². The Kier molecular flexibility index (Phi) is 7.71. The second kappa shape index (κ2) is 11.5. The first-order chi connectivity index (χ1) is 18.1. The first-order valence-corrected chi connectivity index (χ1v) is 13.6. The maximum atomic E-state index is 13.3. The van der Waals surface area contributed by atoms with Crippen molar-refractivity contribution in [3.63, 3.8) is 0 Å². The average molecular weight is 507 g/mol. The van der Waals surface area contributed by atoms with E-state index in [4.69, 9.17) is 0 Å². The minimum Gasteiger partial charge on any atom is -0.341 e. The van der Waals surface area contributed by atoms with Crippen LogP contribution in [0.1, 0.15) is 49.6 Å². The number of nitrogens with one attached hydrogen (secondary N) is 1. The van der Waals surface area contributed by atoms with E-state index in [0.717, 1.165) is 28.7 Å². The van der Waals surface area contributed by atoms with Gasteiger partial charge in [0, 0.05) is 12.1 Å². The van der Waals surface area contributed by atoms with Crippen molar-refractivity contribution in [2.45, 2.75) is 24.8 Å². The lowest BCUT2D eigenvalue weighted by Gasteiger charge is -2.25. The summed E-state index contributed by atoms with van der Waals surface area (Å²) in [6.07, 6.45) is 0.823. The summed E-state index contributed by atoms with van der Waals surface area (Å²) in [5, 5.41) is 3.21. The fraction of sp³-hybridized carbons (Fsp3) is 0.188. The van der Waals surface area contributed by atoms with E-state index in [9.17, 15) is 9.59 Å². The fourth-order valence-corrected chi connectivity index (χ4v) is 6.00. The van der Waals surface area contributed by atoms with Crippen molar-refractivity contribution in [1.82, 2.24) is 10.2 Å². The topological polar surface area (TPSA) is 49.4 Å². The number of rotatable bonds is 8. The van der Waals surface area contributed by atoms with Crippen LogP contribution in [-0.4, -0.2) is 29.0 Å². The molecule has 4 aromatic rings. The molecule has 0 radical (unpaired) electrons. The SMILES string of the molecule is Cc1ccccc1[C@H](NC(=O)c1ccc([C@H]2SCC(=O)N2CCc2ccccc2)cc1)c1ccccc1. The second-order valence-electron chi connectivity index (χ2n) is 9.28. The van der Waals surface area contributed by atoms with E-state index in [2.05, 4.69) is 36.5 Å². The van der Waals surface area contributed by atoms with Crippen LogP contribution in [0.2, 0.25) is 0 Å². The van der Waals surface area contributed by atoms with Crippen LogP contribution in [0, 0.1) is 6.92 Å². The molecule has 1 heterocycles. The number of carbonyl (C=O) groups excluding carboxylic acids is 2. The Morgan fingerprint density at radius 3 is 2.24 bits per heavy atom. The summed E-state index contributed by atoms with van der Waals surface area (Å²) in [6, 6.07) is 35.9. The molecule has 37 heavy (non-hydrogen) atoms. The predicted molar refractivity (Wildman–Crippen MR) is 150 cm³/mol. The van der Waals surface area contributed by atoms with E-state index in [0.29, 0.717) is 17.9 Å². The van der Waals surface area contributed by atoms with Crippen LogP contribution in [0.3, 0.4) is 0 Å². The van der Waals surface area contributed by atoms with Crippen LogP contribution < -0.4 is 5.32 Å². The Labute approximate surface area is 222 Å². The predicted octanol–water partition coefficient (Wildman–Crippen LogP) is 6.33. The molecule has 2 amide bonds. The Balaban J connectivity index is 1.31. The molecule has 1 saturated heterocycles. The molecule has 0 spiro atoms. The molecule has 186 valence electrons. The number of hydrogen-bond donors (Lipinski definition) is 1. The van der Waals surface area contributed by atoms with Crippen molar-refractivity contribution in [2.24, 2.45) is 0 Å². The van der Waals surface area contributed by atoms with Crippen LogP contribution in [-0.2, 0) is 11.2 Å². The molecule has 1 fully saturated rings. The molecule has 0 unspecified atom stereocenters. The second-order valence-corrected chi connectivity index (χ2v) is 10.4. The van der Waals surface area contributed by atoms with Gasteiger partial charge in [0.25, 0.3) is 5.91 Å². The molecule has 0 aromatic heterocycles. The smallest absolute Gasteiger partial charge is 0.252 e. The maximum absolute atomic E-state index is 13.3. The standard InChI is InChI=1S/C32H30N2O2S/c1-23-10-8-9-15-28(23)30(25-13-6-3-7-14-25)33-31(36)26-16-18-27(19-17-26)32-34(29(35)22-37-32)21-20-24-11-4-2-5-12-24/h2-19,30,32H,20-22H2,1H3,(H,33,36)/t30-,32-/m1/s1. The first kappa shape index (κ1) is 24.8. The number of hydrogen-bond acceptors (Lipinski definition) is 3. The third-order valence-electron chi connectivity index (χ3n) is 6.82. The van der Waals surface area contributed by atoms with Gasteiger partial charge >= 0.3 is 0 Å². The van der Waals surface area contributed by atoms with Gasteiger partial charge in [-0.15, -0.1) is 11.8 Å². The van der Waals surface area contributed by atoms with Gasteiger partial charge in [0.2, 0.25) is 5.91 Å². The molecule has 5 rings (SSSR count). The summed E-state index contributed by atoms with van der Waals surface area (Å²) in [7, 11) is 0. The monoisotopic (exact) mass is 506 g/mol. The summed E-state index contributed by atoms with van der Waals surface area (Å²) in [5.41, 5.74) is 6.11. The third-order valence-corrected chi connectivity index (χ3v) is 8.07. The molecular formula is C32H30N2O2S. The Morgan fingerprint density at radius 2 is 1.54 bits per heavy atom. The van der Waals surface area contributed by atoms with Gasteiger partial charge in [0.15, 0.2) is 0 Å². The molecule has 4 aromatic carbocycles. The summed E-state index contributed by atoms with van der Waals surface area (Å²) in [4.78, 5) is 27.9. The highest BCUT2D eigenvalue weighted by molar-refractivity contribution is 8.00. The highest BCUT2D eigenvalue weighted by atomic mass is 32.2. The molecule has 2 atom stereocenters. The molecule has 0 bridgehead atoms. The normalized spacial score (nSPS) is 16.0. The number of amides is 2. The molecule has 1 aliphatic rings. The molecule has 0 saturated carbocycles. The van der Waals surface area contributed by atoms with E-state index < -0.39 is 0 Å². The van der Waals surface area contributed by atoms with Crippen molar-refractivity contribution < 1.29 is 9.59 Å². The van der Waals surface area contributed by atoms with Gasteiger partial charge in [-0.2, -0.15) is 0 Å². The lowest BCUT2D eigenvalue weighted by atomic mass is 9.94. The highest BCUT2D eigenvalue weighted by Crippen LogP contribution is 2.38. The Hall–Kier alpha value is -3.83. The fourth-order valence-electron chi connectivity index (χ4n) is 4.78.